The number of nitrogens with zero attached hydrogens (tertiary/aromatic N) is 2. The molecule has 3 amide bonds. The summed E-state index contributed by atoms with van der Waals surface area (Å²) in [5.74, 6) is -0.0864. The minimum Gasteiger partial charge on any atom is -0.376 e. The van der Waals surface area contributed by atoms with Gasteiger partial charge in [0.15, 0.2) is 0 Å². The molecule has 35 heavy (non-hydrogen) atoms. The minimum atomic E-state index is -0.283. The summed E-state index contributed by atoms with van der Waals surface area (Å²) >= 11 is 1.63. The number of carbonyl (C=O) groups excluding carboxylic acids is 2. The van der Waals surface area contributed by atoms with Crippen molar-refractivity contribution in [3.63, 3.8) is 0 Å². The standard InChI is InChI=1S/C28H33N3O3S/c1-2-22-12-14-24(15-13-22)29-28(33)31(19-25-10-6-16-34-25)21-27(32)30(20-26-11-7-17-35-26)18-23-8-4-3-5-9-23/h3-5,7-9,11-15,17,25H,2,6,10,16,18-21H2,1H3,(H,29,33). The Balaban J connectivity index is 1.49. The fraction of sp³-hybridized carbons (Fsp3) is 0.357. The molecule has 3 aromatic rings. The molecule has 1 aliphatic rings. The highest BCUT2D eigenvalue weighted by Gasteiger charge is 2.27. The monoisotopic (exact) mass is 491 g/mol. The highest BCUT2D eigenvalue weighted by Crippen LogP contribution is 2.18. The molecule has 0 radical (unpaired) electrons. The van der Waals surface area contributed by atoms with E-state index in [4.69, 9.17) is 4.74 Å². The third kappa shape index (κ3) is 7.41. The Hall–Kier alpha value is -3.16. The Kier molecular flexibility index (Phi) is 8.92. The van der Waals surface area contributed by atoms with E-state index in [0.29, 0.717) is 26.2 Å². The van der Waals surface area contributed by atoms with Crippen LogP contribution in [-0.4, -0.2) is 47.5 Å². The summed E-state index contributed by atoms with van der Waals surface area (Å²) in [6, 6.07) is 21.5. The number of benzene rings is 2. The van der Waals surface area contributed by atoms with Crippen LogP contribution in [0.1, 0.15) is 35.8 Å². The molecule has 1 aromatic heterocycles. The maximum absolute atomic E-state index is 13.6. The Morgan fingerprint density at radius 3 is 2.43 bits per heavy atom. The molecule has 4 rings (SSSR count). The van der Waals surface area contributed by atoms with E-state index in [-0.39, 0.29) is 24.6 Å². The van der Waals surface area contributed by atoms with Gasteiger partial charge in [-0.1, -0.05) is 55.5 Å². The van der Waals surface area contributed by atoms with Gasteiger partial charge in [0.1, 0.15) is 6.54 Å². The maximum Gasteiger partial charge on any atom is 0.322 e. The van der Waals surface area contributed by atoms with Crippen LogP contribution in [0.3, 0.4) is 0 Å². The van der Waals surface area contributed by atoms with Crippen LogP contribution in [0.2, 0.25) is 0 Å². The Morgan fingerprint density at radius 1 is 0.971 bits per heavy atom. The highest BCUT2D eigenvalue weighted by molar-refractivity contribution is 7.09. The fourth-order valence-corrected chi connectivity index (χ4v) is 4.89. The predicted molar refractivity (Wildman–Crippen MR) is 140 cm³/mol. The van der Waals surface area contributed by atoms with Crippen molar-refractivity contribution >= 4 is 29.0 Å². The molecule has 2 aromatic carbocycles. The van der Waals surface area contributed by atoms with E-state index in [1.807, 2.05) is 77.0 Å². The quantitative estimate of drug-likeness (QED) is 0.404. The van der Waals surface area contributed by atoms with Gasteiger partial charge in [-0.3, -0.25) is 4.79 Å². The highest BCUT2D eigenvalue weighted by atomic mass is 32.1. The van der Waals surface area contributed by atoms with Crippen LogP contribution in [0.15, 0.2) is 72.1 Å². The van der Waals surface area contributed by atoms with Crippen LogP contribution in [0.25, 0.3) is 0 Å². The van der Waals surface area contributed by atoms with Gasteiger partial charge in [-0.25, -0.2) is 4.79 Å². The first kappa shape index (κ1) is 24.9. The molecule has 0 spiro atoms. The molecule has 1 saturated heterocycles. The number of thiophene rings is 1. The number of carbonyl (C=O) groups is 2. The lowest BCUT2D eigenvalue weighted by Gasteiger charge is -2.29. The van der Waals surface area contributed by atoms with Crippen molar-refractivity contribution in [3.05, 3.63) is 88.1 Å². The van der Waals surface area contributed by atoms with Crippen molar-refractivity contribution in [1.29, 1.82) is 0 Å². The number of anilines is 1. The molecule has 1 fully saturated rings. The number of aryl methyl sites for hydroxylation is 1. The van der Waals surface area contributed by atoms with Crippen molar-refractivity contribution in [2.45, 2.75) is 45.4 Å². The molecule has 7 heteroatoms. The summed E-state index contributed by atoms with van der Waals surface area (Å²) in [5.41, 5.74) is 2.99. The number of ether oxygens (including phenoxy) is 1. The van der Waals surface area contributed by atoms with Crippen molar-refractivity contribution in [2.75, 3.05) is 25.0 Å². The Bertz CT molecular complexity index is 1060. The first-order chi connectivity index (χ1) is 17.1. The summed E-state index contributed by atoms with van der Waals surface area (Å²) in [4.78, 5) is 31.4. The van der Waals surface area contributed by atoms with E-state index in [2.05, 4.69) is 12.2 Å². The van der Waals surface area contributed by atoms with Crippen molar-refractivity contribution in [1.82, 2.24) is 9.80 Å². The van der Waals surface area contributed by atoms with E-state index >= 15 is 0 Å². The van der Waals surface area contributed by atoms with Gasteiger partial charge < -0.3 is 19.9 Å². The molecule has 0 aliphatic carbocycles. The normalized spacial score (nSPS) is 15.1. The lowest BCUT2D eigenvalue weighted by atomic mass is 10.1. The third-order valence-electron chi connectivity index (χ3n) is 6.17. The molecular weight excluding hydrogens is 458 g/mol. The largest absolute Gasteiger partial charge is 0.376 e. The molecule has 0 saturated carbocycles. The van der Waals surface area contributed by atoms with Gasteiger partial charge >= 0.3 is 6.03 Å². The molecule has 1 N–H and O–H groups in total. The van der Waals surface area contributed by atoms with Gasteiger partial charge in [0, 0.05) is 30.3 Å². The van der Waals surface area contributed by atoms with Crippen LogP contribution >= 0.6 is 11.3 Å². The summed E-state index contributed by atoms with van der Waals surface area (Å²) in [5, 5.41) is 4.98. The zero-order chi connectivity index (χ0) is 24.5. The van der Waals surface area contributed by atoms with Gasteiger partial charge in [-0.15, -0.1) is 11.3 Å². The van der Waals surface area contributed by atoms with Crippen molar-refractivity contribution in [3.8, 4) is 0 Å². The van der Waals surface area contributed by atoms with E-state index in [9.17, 15) is 9.59 Å². The first-order valence-electron chi connectivity index (χ1n) is 12.2. The van der Waals surface area contributed by atoms with Crippen molar-refractivity contribution < 1.29 is 14.3 Å². The zero-order valence-electron chi connectivity index (χ0n) is 20.2. The van der Waals surface area contributed by atoms with Gasteiger partial charge in [-0.2, -0.15) is 0 Å². The molecule has 2 heterocycles. The lowest BCUT2D eigenvalue weighted by Crippen LogP contribution is -2.46. The smallest absolute Gasteiger partial charge is 0.322 e. The second-order valence-electron chi connectivity index (χ2n) is 8.81. The lowest BCUT2D eigenvalue weighted by molar-refractivity contribution is -0.133. The summed E-state index contributed by atoms with van der Waals surface area (Å²) < 4.78 is 5.79. The number of rotatable bonds is 10. The van der Waals surface area contributed by atoms with Crippen molar-refractivity contribution in [2.24, 2.45) is 0 Å². The summed E-state index contributed by atoms with van der Waals surface area (Å²) in [6.07, 6.45) is 2.77. The van der Waals surface area contributed by atoms with Gasteiger partial charge in [-0.05, 0) is 54.0 Å². The Labute approximate surface area is 211 Å². The minimum absolute atomic E-state index is 0.00303. The molecule has 6 nitrogen and oxygen atoms in total. The first-order valence-corrected chi connectivity index (χ1v) is 13.1. The van der Waals surface area contributed by atoms with Gasteiger partial charge in [0.05, 0.1) is 12.6 Å². The number of nitrogens with one attached hydrogen (secondary N) is 1. The van der Waals surface area contributed by atoms with Crippen LogP contribution in [0.4, 0.5) is 10.5 Å². The van der Waals surface area contributed by atoms with E-state index in [0.717, 1.165) is 35.4 Å². The van der Waals surface area contributed by atoms with Crippen LogP contribution in [0, 0.1) is 0 Å². The van der Waals surface area contributed by atoms with Gasteiger partial charge in [0.2, 0.25) is 5.91 Å². The topological polar surface area (TPSA) is 61.9 Å². The van der Waals surface area contributed by atoms with Crippen LogP contribution < -0.4 is 5.32 Å². The van der Waals surface area contributed by atoms with E-state index in [1.54, 1.807) is 16.2 Å². The molecular formula is C28H33N3O3S. The molecule has 1 atom stereocenters. The van der Waals surface area contributed by atoms with Crippen LogP contribution in [0.5, 0.6) is 0 Å². The number of urea groups is 1. The number of amides is 3. The second kappa shape index (κ2) is 12.5. The average Bonchev–Trinajstić information content (AvgIpc) is 3.59. The molecule has 0 bridgehead atoms. The zero-order valence-corrected chi connectivity index (χ0v) is 21.0. The number of hydrogen-bond acceptors (Lipinski definition) is 4. The van der Waals surface area contributed by atoms with E-state index in [1.165, 1.54) is 5.56 Å². The Morgan fingerprint density at radius 2 is 1.77 bits per heavy atom. The molecule has 184 valence electrons. The SMILES string of the molecule is CCc1ccc(NC(=O)N(CC(=O)N(Cc2ccccc2)Cc2cccs2)CC2CCCO2)cc1. The van der Waals surface area contributed by atoms with E-state index < -0.39 is 0 Å². The average molecular weight is 492 g/mol. The van der Waals surface area contributed by atoms with Gasteiger partial charge in [0.25, 0.3) is 0 Å². The second-order valence-corrected chi connectivity index (χ2v) is 9.84. The summed E-state index contributed by atoms with van der Waals surface area (Å²) in [7, 11) is 0. The molecule has 1 unspecified atom stereocenters. The summed E-state index contributed by atoms with van der Waals surface area (Å²) in [6.45, 7) is 4.19. The maximum atomic E-state index is 13.6. The van der Waals surface area contributed by atoms with Crippen LogP contribution in [-0.2, 0) is 29.0 Å². The predicted octanol–water partition coefficient (Wildman–Crippen LogP) is 5.55. The number of hydrogen-bond donors (Lipinski definition) is 1. The molecule has 1 aliphatic heterocycles. The third-order valence-corrected chi connectivity index (χ3v) is 7.03. The fourth-order valence-electron chi connectivity index (χ4n) is 4.17.